The number of carbonyl (C=O) groups is 1. The Morgan fingerprint density at radius 3 is 2.47 bits per heavy atom. The lowest BCUT2D eigenvalue weighted by molar-refractivity contribution is -0.140. The average Bonchev–Trinajstić information content (AvgIpc) is 3.16. The number of aromatic nitrogens is 2. The molecular weight excluding hydrogens is 414 g/mol. The van der Waals surface area contributed by atoms with E-state index < -0.39 is 12.0 Å². The monoisotopic (exact) mass is 439 g/mol. The summed E-state index contributed by atoms with van der Waals surface area (Å²) in [5, 5.41) is 13.6. The predicted molar refractivity (Wildman–Crippen MR) is 118 cm³/mol. The van der Waals surface area contributed by atoms with Crippen LogP contribution >= 0.6 is 0 Å². The zero-order valence-electron chi connectivity index (χ0n) is 18.3. The number of nitrogens with zero attached hydrogens (tertiary/aromatic N) is 2. The van der Waals surface area contributed by atoms with Crippen LogP contribution in [0.4, 0.5) is 5.95 Å². The Morgan fingerprint density at radius 1 is 1.12 bits per heavy atom. The molecule has 1 aliphatic heterocycles. The Balaban J connectivity index is 1.94. The number of hydrogen-bond donors (Lipinski definition) is 2. The number of anilines is 1. The van der Waals surface area contributed by atoms with E-state index in [0.29, 0.717) is 22.8 Å². The number of hydrogen-bond acceptors (Lipinski definition) is 8. The van der Waals surface area contributed by atoms with Gasteiger partial charge in [-0.25, -0.2) is 9.78 Å². The van der Waals surface area contributed by atoms with Crippen LogP contribution in [0.1, 0.15) is 18.5 Å². The molecule has 0 aliphatic carbocycles. The minimum Gasteiger partial charge on any atom is -0.502 e. The molecule has 0 bridgehead atoms. The van der Waals surface area contributed by atoms with E-state index in [4.69, 9.17) is 18.9 Å². The van der Waals surface area contributed by atoms with E-state index in [1.807, 2.05) is 28.8 Å². The molecule has 0 saturated carbocycles. The summed E-state index contributed by atoms with van der Waals surface area (Å²) in [5.41, 5.74) is 3.30. The summed E-state index contributed by atoms with van der Waals surface area (Å²) >= 11 is 0. The van der Waals surface area contributed by atoms with Crippen molar-refractivity contribution in [3.63, 3.8) is 0 Å². The fraction of sp³-hybridized carbons (Fsp3) is 0.304. The summed E-state index contributed by atoms with van der Waals surface area (Å²) in [5.74, 6) is 0.454. The van der Waals surface area contributed by atoms with Gasteiger partial charge in [0.05, 0.1) is 43.5 Å². The van der Waals surface area contributed by atoms with Crippen LogP contribution in [0.2, 0.25) is 0 Å². The number of fused-ring (bicyclic) bond motifs is 3. The second kappa shape index (κ2) is 8.80. The number of benzene rings is 2. The van der Waals surface area contributed by atoms with Gasteiger partial charge in [0, 0.05) is 12.8 Å². The number of nitrogens with one attached hydrogen (secondary N) is 1. The van der Waals surface area contributed by atoms with Crippen LogP contribution in [0.3, 0.4) is 0 Å². The van der Waals surface area contributed by atoms with E-state index >= 15 is 0 Å². The van der Waals surface area contributed by atoms with Crippen LogP contribution in [0.15, 0.2) is 47.7 Å². The molecular formula is C23H25N3O6. The number of allylic oxidation sites excluding steroid dienone is 1. The van der Waals surface area contributed by atoms with Crippen molar-refractivity contribution in [3.05, 3.63) is 53.2 Å². The van der Waals surface area contributed by atoms with Crippen molar-refractivity contribution in [1.29, 1.82) is 0 Å². The van der Waals surface area contributed by atoms with E-state index in [9.17, 15) is 9.90 Å². The molecule has 0 amide bonds. The van der Waals surface area contributed by atoms with Crippen LogP contribution in [0.25, 0.3) is 11.0 Å². The van der Waals surface area contributed by atoms with Crippen molar-refractivity contribution in [2.45, 2.75) is 13.0 Å². The lowest BCUT2D eigenvalue weighted by Crippen LogP contribution is -2.29. The number of ether oxygens (including phenoxy) is 4. The van der Waals surface area contributed by atoms with E-state index in [2.05, 4.69) is 10.3 Å². The highest BCUT2D eigenvalue weighted by atomic mass is 16.6. The van der Waals surface area contributed by atoms with Crippen LogP contribution in [-0.4, -0.2) is 55.2 Å². The van der Waals surface area contributed by atoms with Gasteiger partial charge in [0.25, 0.3) is 0 Å². The molecule has 0 spiro atoms. The zero-order valence-corrected chi connectivity index (χ0v) is 18.3. The highest BCUT2D eigenvalue weighted by Crippen LogP contribution is 2.45. The smallest absolute Gasteiger partial charge is 0.338 e. The highest BCUT2D eigenvalue weighted by molar-refractivity contribution is 5.94. The predicted octanol–water partition coefficient (Wildman–Crippen LogP) is 3.24. The molecule has 9 nitrogen and oxygen atoms in total. The van der Waals surface area contributed by atoms with Gasteiger partial charge < -0.3 is 29.4 Å². The molecule has 1 atom stereocenters. The largest absolute Gasteiger partial charge is 0.502 e. The standard InChI is InChI=1S/C23H25N3O6/c1-13-19(22(28)32-10-9-29-2)20(14-11-17(30-3)21(27)18(12-14)31-4)26-16-8-6-5-7-15(16)25-23(26)24-13/h5-8,11-12,20,27H,9-10H2,1-4H3,(H,24,25)/t20-/m1/s1. The van der Waals surface area contributed by atoms with Crippen molar-refractivity contribution in [1.82, 2.24) is 9.55 Å². The second-order valence-corrected chi connectivity index (χ2v) is 7.26. The van der Waals surface area contributed by atoms with Gasteiger partial charge in [0.2, 0.25) is 11.7 Å². The van der Waals surface area contributed by atoms with Gasteiger partial charge in [-0.1, -0.05) is 12.1 Å². The number of phenolic OH excluding ortho intramolecular Hbond substituents is 1. The number of rotatable bonds is 7. The number of methoxy groups -OCH3 is 3. The third kappa shape index (κ3) is 3.60. The van der Waals surface area contributed by atoms with Crippen LogP contribution in [0, 0.1) is 0 Å². The van der Waals surface area contributed by atoms with Crippen molar-refractivity contribution in [3.8, 4) is 17.2 Å². The topological polar surface area (TPSA) is 104 Å². The molecule has 2 heterocycles. The fourth-order valence-corrected chi connectivity index (χ4v) is 3.91. The maximum Gasteiger partial charge on any atom is 0.338 e. The Labute approximate surface area is 185 Å². The average molecular weight is 439 g/mol. The second-order valence-electron chi connectivity index (χ2n) is 7.26. The number of imidazole rings is 1. The van der Waals surface area contributed by atoms with Gasteiger partial charge in [-0.2, -0.15) is 0 Å². The summed E-state index contributed by atoms with van der Waals surface area (Å²) in [6, 6.07) is 10.4. The molecule has 2 N–H and O–H groups in total. The highest BCUT2D eigenvalue weighted by Gasteiger charge is 2.36. The van der Waals surface area contributed by atoms with E-state index in [1.54, 1.807) is 26.2 Å². The van der Waals surface area contributed by atoms with Crippen molar-refractivity contribution in [2.75, 3.05) is 39.9 Å². The molecule has 3 aromatic rings. The quantitative estimate of drug-likeness (QED) is 0.427. The van der Waals surface area contributed by atoms with Crippen molar-refractivity contribution >= 4 is 23.0 Å². The molecule has 0 saturated heterocycles. The zero-order chi connectivity index (χ0) is 22.8. The summed E-state index contributed by atoms with van der Waals surface area (Å²) in [7, 11) is 4.46. The van der Waals surface area contributed by atoms with Crippen LogP contribution in [0.5, 0.6) is 17.2 Å². The van der Waals surface area contributed by atoms with Crippen LogP contribution < -0.4 is 14.8 Å². The number of carbonyl (C=O) groups excluding carboxylic acids is 1. The van der Waals surface area contributed by atoms with Gasteiger partial charge in [-0.15, -0.1) is 0 Å². The fourth-order valence-electron chi connectivity index (χ4n) is 3.91. The van der Waals surface area contributed by atoms with E-state index in [-0.39, 0.29) is 30.5 Å². The summed E-state index contributed by atoms with van der Waals surface area (Å²) < 4.78 is 23.1. The third-order valence-corrected chi connectivity index (χ3v) is 5.39. The number of para-hydroxylation sites is 2. The maximum absolute atomic E-state index is 13.2. The summed E-state index contributed by atoms with van der Waals surface area (Å²) in [4.78, 5) is 17.9. The van der Waals surface area contributed by atoms with Gasteiger partial charge in [0.1, 0.15) is 6.61 Å². The Hall–Kier alpha value is -3.72. The first-order valence-electron chi connectivity index (χ1n) is 10.1. The van der Waals surface area contributed by atoms with Crippen LogP contribution in [-0.2, 0) is 14.3 Å². The molecule has 168 valence electrons. The molecule has 32 heavy (non-hydrogen) atoms. The number of esters is 1. The van der Waals surface area contributed by atoms with E-state index in [1.165, 1.54) is 14.2 Å². The lowest BCUT2D eigenvalue weighted by Gasteiger charge is -2.30. The number of phenols is 1. The molecule has 0 unspecified atom stereocenters. The van der Waals surface area contributed by atoms with Gasteiger partial charge >= 0.3 is 5.97 Å². The van der Waals surface area contributed by atoms with Gasteiger partial charge in [-0.05, 0) is 36.8 Å². The SMILES string of the molecule is COCCOC(=O)C1=C(C)Nc2nc3ccccc3n2[C@@H]1c1cc(OC)c(O)c(OC)c1. The first-order chi connectivity index (χ1) is 15.5. The molecule has 1 aromatic heterocycles. The minimum atomic E-state index is -0.600. The third-order valence-electron chi connectivity index (χ3n) is 5.39. The Kier molecular flexibility index (Phi) is 5.91. The number of aromatic hydroxyl groups is 1. The summed E-state index contributed by atoms with van der Waals surface area (Å²) in [6.07, 6.45) is 0. The van der Waals surface area contributed by atoms with E-state index in [0.717, 1.165) is 11.0 Å². The van der Waals surface area contributed by atoms with Crippen molar-refractivity contribution in [2.24, 2.45) is 0 Å². The molecule has 4 rings (SSSR count). The first-order valence-corrected chi connectivity index (χ1v) is 10.1. The first kappa shape index (κ1) is 21.5. The Morgan fingerprint density at radius 2 is 1.81 bits per heavy atom. The normalized spacial score (nSPS) is 15.3. The minimum absolute atomic E-state index is 0.117. The Bertz CT molecular complexity index is 1170. The van der Waals surface area contributed by atoms with Gasteiger partial charge in [-0.3, -0.25) is 4.57 Å². The molecule has 0 radical (unpaired) electrons. The van der Waals surface area contributed by atoms with Crippen molar-refractivity contribution < 1.29 is 28.8 Å². The van der Waals surface area contributed by atoms with Gasteiger partial charge in [0.15, 0.2) is 11.5 Å². The molecule has 1 aliphatic rings. The summed E-state index contributed by atoms with van der Waals surface area (Å²) in [6.45, 7) is 2.21. The lowest BCUT2D eigenvalue weighted by atomic mass is 9.94. The molecule has 0 fully saturated rings. The maximum atomic E-state index is 13.2. The molecule has 2 aromatic carbocycles. The molecule has 9 heteroatoms.